The number of halogens is 1. The Morgan fingerprint density at radius 2 is 2.33 bits per heavy atom. The summed E-state index contributed by atoms with van der Waals surface area (Å²) in [6.45, 7) is 2.37. The molecular weight excluding hydrogens is 208 g/mol. The summed E-state index contributed by atoms with van der Waals surface area (Å²) in [4.78, 5) is 0. The van der Waals surface area contributed by atoms with Crippen molar-refractivity contribution in [3.05, 3.63) is 34.3 Å². The monoisotopic (exact) mass is 224 g/mol. The third kappa shape index (κ3) is 2.04. The average Bonchev–Trinajstić information content (AvgIpc) is 2.28. The fraction of sp³-hybridized carbons (Fsp3) is 0.538. The molecule has 2 atom stereocenters. The van der Waals surface area contributed by atoms with E-state index in [-0.39, 0.29) is 6.61 Å². The molecule has 0 radical (unpaired) electrons. The van der Waals surface area contributed by atoms with Gasteiger partial charge in [0.25, 0.3) is 0 Å². The topological polar surface area (TPSA) is 20.2 Å². The van der Waals surface area contributed by atoms with Crippen LogP contribution in [0.3, 0.4) is 0 Å². The summed E-state index contributed by atoms with van der Waals surface area (Å²) < 4.78 is 0. The van der Waals surface area contributed by atoms with Crippen LogP contribution >= 0.6 is 11.6 Å². The van der Waals surface area contributed by atoms with Crippen molar-refractivity contribution in [2.75, 3.05) is 6.61 Å². The lowest BCUT2D eigenvalue weighted by molar-refractivity contribution is 0.208. The minimum absolute atomic E-state index is 0.261. The van der Waals surface area contributed by atoms with Crippen molar-refractivity contribution in [1.29, 1.82) is 0 Å². The van der Waals surface area contributed by atoms with E-state index in [0.717, 1.165) is 11.4 Å². The van der Waals surface area contributed by atoms with Gasteiger partial charge < -0.3 is 5.11 Å². The Bertz CT molecular complexity index is 348. The summed E-state index contributed by atoms with van der Waals surface area (Å²) in [7, 11) is 0. The van der Waals surface area contributed by atoms with Crippen LogP contribution in [0.25, 0.3) is 0 Å². The number of aliphatic hydroxyl groups excluding tert-OH is 1. The van der Waals surface area contributed by atoms with Crippen molar-refractivity contribution in [3.63, 3.8) is 0 Å². The van der Waals surface area contributed by atoms with E-state index >= 15 is 0 Å². The highest BCUT2D eigenvalue weighted by molar-refractivity contribution is 6.31. The fourth-order valence-corrected chi connectivity index (χ4v) is 2.84. The van der Waals surface area contributed by atoms with E-state index in [0.29, 0.717) is 11.8 Å². The molecule has 2 rings (SSSR count). The molecule has 1 aliphatic rings. The van der Waals surface area contributed by atoms with Gasteiger partial charge in [-0.2, -0.15) is 0 Å². The van der Waals surface area contributed by atoms with Gasteiger partial charge in [0.1, 0.15) is 0 Å². The van der Waals surface area contributed by atoms with Gasteiger partial charge in [0, 0.05) is 11.6 Å². The SMILES string of the molecule is CC(CO)C1CCCc2c(Cl)cccc21. The minimum atomic E-state index is 0.261. The molecule has 82 valence electrons. The molecule has 1 aromatic carbocycles. The maximum absolute atomic E-state index is 9.25. The van der Waals surface area contributed by atoms with Crippen molar-refractivity contribution in [2.45, 2.75) is 32.1 Å². The van der Waals surface area contributed by atoms with E-state index in [9.17, 15) is 5.11 Å². The number of hydrogen-bond acceptors (Lipinski definition) is 1. The van der Waals surface area contributed by atoms with Gasteiger partial charge in [-0.3, -0.25) is 0 Å². The van der Waals surface area contributed by atoms with Gasteiger partial charge in [-0.15, -0.1) is 0 Å². The first-order valence-electron chi connectivity index (χ1n) is 5.62. The Balaban J connectivity index is 2.38. The zero-order chi connectivity index (χ0) is 10.8. The van der Waals surface area contributed by atoms with E-state index in [2.05, 4.69) is 13.0 Å². The van der Waals surface area contributed by atoms with Crippen molar-refractivity contribution in [2.24, 2.45) is 5.92 Å². The smallest absolute Gasteiger partial charge is 0.0462 e. The molecule has 0 saturated heterocycles. The highest BCUT2D eigenvalue weighted by atomic mass is 35.5. The number of fused-ring (bicyclic) bond motifs is 1. The third-order valence-electron chi connectivity index (χ3n) is 3.47. The Hall–Kier alpha value is -0.530. The Labute approximate surface area is 96.1 Å². The lowest BCUT2D eigenvalue weighted by atomic mass is 9.76. The van der Waals surface area contributed by atoms with Gasteiger partial charge in [0.15, 0.2) is 0 Å². The lowest BCUT2D eigenvalue weighted by Crippen LogP contribution is -2.19. The molecule has 1 N–H and O–H groups in total. The molecular formula is C13H17ClO. The second kappa shape index (κ2) is 4.54. The maximum atomic E-state index is 9.25. The van der Waals surface area contributed by atoms with Crippen molar-refractivity contribution < 1.29 is 5.11 Å². The van der Waals surface area contributed by atoms with E-state index in [1.54, 1.807) is 0 Å². The molecule has 0 bridgehead atoms. The van der Waals surface area contributed by atoms with Crippen LogP contribution in [0.5, 0.6) is 0 Å². The number of aliphatic hydroxyl groups is 1. The van der Waals surface area contributed by atoms with Crippen LogP contribution in [0.1, 0.15) is 36.8 Å². The second-order valence-corrected chi connectivity index (χ2v) is 4.87. The summed E-state index contributed by atoms with van der Waals surface area (Å²) in [5.41, 5.74) is 2.66. The maximum Gasteiger partial charge on any atom is 0.0462 e. The number of rotatable bonds is 2. The molecule has 0 fully saturated rings. The first-order valence-corrected chi connectivity index (χ1v) is 6.00. The van der Waals surface area contributed by atoms with Crippen LogP contribution < -0.4 is 0 Å². The molecule has 0 amide bonds. The van der Waals surface area contributed by atoms with Crippen LogP contribution in [0.2, 0.25) is 5.02 Å². The molecule has 0 aromatic heterocycles. The van der Waals surface area contributed by atoms with Gasteiger partial charge >= 0.3 is 0 Å². The van der Waals surface area contributed by atoms with Crippen LogP contribution in [0, 0.1) is 5.92 Å². The Morgan fingerprint density at radius 3 is 3.07 bits per heavy atom. The van der Waals surface area contributed by atoms with Crippen LogP contribution in [-0.4, -0.2) is 11.7 Å². The van der Waals surface area contributed by atoms with E-state index in [1.807, 2.05) is 12.1 Å². The van der Waals surface area contributed by atoms with Gasteiger partial charge in [0.2, 0.25) is 0 Å². The van der Waals surface area contributed by atoms with E-state index in [1.165, 1.54) is 24.0 Å². The normalized spacial score (nSPS) is 22.2. The zero-order valence-corrected chi connectivity index (χ0v) is 9.80. The quantitative estimate of drug-likeness (QED) is 0.817. The van der Waals surface area contributed by atoms with Crippen LogP contribution in [0.4, 0.5) is 0 Å². The van der Waals surface area contributed by atoms with Gasteiger partial charge in [-0.1, -0.05) is 30.7 Å². The molecule has 15 heavy (non-hydrogen) atoms. The second-order valence-electron chi connectivity index (χ2n) is 4.47. The van der Waals surface area contributed by atoms with Gasteiger partial charge in [-0.05, 0) is 48.3 Å². The molecule has 0 saturated carbocycles. The summed E-state index contributed by atoms with van der Waals surface area (Å²) in [6, 6.07) is 6.15. The Kier molecular flexibility index (Phi) is 3.32. The van der Waals surface area contributed by atoms with Crippen molar-refractivity contribution in [1.82, 2.24) is 0 Å². The van der Waals surface area contributed by atoms with Crippen LogP contribution in [0.15, 0.2) is 18.2 Å². The largest absolute Gasteiger partial charge is 0.396 e. The van der Waals surface area contributed by atoms with Crippen LogP contribution in [-0.2, 0) is 6.42 Å². The van der Waals surface area contributed by atoms with E-state index in [4.69, 9.17) is 11.6 Å². The molecule has 1 aromatic rings. The predicted octanol–water partition coefficient (Wildman–Crippen LogP) is 3.39. The fourth-order valence-electron chi connectivity index (χ4n) is 2.56. The molecule has 1 nitrogen and oxygen atoms in total. The standard InChI is InChI=1S/C13H17ClO/c1-9(8-15)10-4-2-6-12-11(10)5-3-7-13(12)14/h3,5,7,9-10,15H,2,4,6,8H2,1H3. The first kappa shape index (κ1) is 11.0. The summed E-state index contributed by atoms with van der Waals surface area (Å²) in [5.74, 6) is 0.819. The molecule has 0 aliphatic heterocycles. The minimum Gasteiger partial charge on any atom is -0.396 e. The van der Waals surface area contributed by atoms with Gasteiger partial charge in [-0.25, -0.2) is 0 Å². The highest BCUT2D eigenvalue weighted by Gasteiger charge is 2.25. The number of benzene rings is 1. The van der Waals surface area contributed by atoms with Crippen molar-refractivity contribution >= 4 is 11.6 Å². The molecule has 0 spiro atoms. The first-order chi connectivity index (χ1) is 7.24. The zero-order valence-electron chi connectivity index (χ0n) is 9.04. The van der Waals surface area contributed by atoms with Crippen molar-refractivity contribution in [3.8, 4) is 0 Å². The third-order valence-corrected chi connectivity index (χ3v) is 3.83. The summed E-state index contributed by atoms with van der Waals surface area (Å²) >= 11 is 6.19. The van der Waals surface area contributed by atoms with Gasteiger partial charge in [0.05, 0.1) is 0 Å². The summed E-state index contributed by atoms with van der Waals surface area (Å²) in [5, 5.41) is 10.1. The molecule has 1 aliphatic carbocycles. The van der Waals surface area contributed by atoms with E-state index < -0.39 is 0 Å². The molecule has 2 unspecified atom stereocenters. The lowest BCUT2D eigenvalue weighted by Gasteiger charge is -2.30. The molecule has 2 heteroatoms. The molecule has 0 heterocycles. The Morgan fingerprint density at radius 1 is 1.53 bits per heavy atom. The summed E-state index contributed by atoms with van der Waals surface area (Å²) in [6.07, 6.45) is 3.45. The number of hydrogen-bond donors (Lipinski definition) is 1. The highest BCUT2D eigenvalue weighted by Crippen LogP contribution is 2.39. The average molecular weight is 225 g/mol. The predicted molar refractivity (Wildman–Crippen MR) is 63.4 cm³/mol.